The van der Waals surface area contributed by atoms with Crippen molar-refractivity contribution in [3.63, 3.8) is 0 Å². The number of hydrogen-bond donors (Lipinski definition) is 3. The molecule has 0 aromatic carbocycles. The molecule has 0 aromatic heterocycles. The van der Waals surface area contributed by atoms with Gasteiger partial charge in [-0.25, -0.2) is 4.79 Å². The van der Waals surface area contributed by atoms with Crippen LogP contribution in [-0.2, 0) is 42.9 Å². The summed E-state index contributed by atoms with van der Waals surface area (Å²) in [6.45, 7) is 5.62. The molecule has 1 aliphatic heterocycles. The predicted octanol–water partition coefficient (Wildman–Crippen LogP) is 14.4. The third kappa shape index (κ3) is 40.1. The maximum atomic E-state index is 13.1. The number of carbonyl (C=O) groups is 4. The molecule has 0 aliphatic carbocycles. The van der Waals surface area contributed by atoms with Gasteiger partial charge in [-0.05, 0) is 116 Å². The number of carboxylic acid groups (broad SMARTS) is 1. The summed E-state index contributed by atoms with van der Waals surface area (Å²) in [4.78, 5) is 51.0. The van der Waals surface area contributed by atoms with Crippen molar-refractivity contribution < 1.29 is 58.2 Å². The fourth-order valence-electron chi connectivity index (χ4n) is 7.69. The van der Waals surface area contributed by atoms with Crippen molar-refractivity contribution in [2.75, 3.05) is 13.2 Å². The van der Waals surface area contributed by atoms with E-state index in [0.29, 0.717) is 25.7 Å². The zero-order chi connectivity index (χ0) is 54.7. The van der Waals surface area contributed by atoms with Crippen LogP contribution in [0.25, 0.3) is 0 Å². The van der Waals surface area contributed by atoms with Gasteiger partial charge in [-0.1, -0.05) is 187 Å². The van der Waals surface area contributed by atoms with Crippen molar-refractivity contribution in [2.24, 2.45) is 0 Å². The topological polar surface area (TPSA) is 175 Å². The summed E-state index contributed by atoms with van der Waals surface area (Å²) in [5.41, 5.74) is 0. The quantitative estimate of drug-likeness (QED) is 0.0228. The molecule has 6 unspecified atom stereocenters. The van der Waals surface area contributed by atoms with Crippen molar-refractivity contribution in [2.45, 2.75) is 237 Å². The Hall–Kier alpha value is -4.88. The monoisotopic (exact) mass is 1050 g/mol. The maximum Gasteiger partial charge on any atom is 0.335 e. The standard InChI is InChI=1S/C63H98O12/c1-4-7-10-13-16-19-22-25-26-27-28-29-30-33-34-37-40-43-46-49-55(64)71-52-54(73-56(65)50-47-44-41-38-35-31-23-20-17-14-11-8-5-2)53-72-63-61(59(68)58(67)60(75-63)62(69)70)74-57(66)51-48-45-42-39-36-32-24-21-18-15-12-9-6-3/h7-8,10-11,16-17,19-21,24-26,28-29,31,33-35,41,44,54,58-61,63,67-68H,4-6,9,12-15,18,22-23,27,30,32,36-40,42-43,45-53H2,1-3H3,(H,69,70)/b10-7-,11-8-,19-16-,20-17-,24-21-,26-25-,29-28-,34-33-,35-31-,44-41-. The van der Waals surface area contributed by atoms with Crippen LogP contribution in [0.1, 0.15) is 201 Å². The van der Waals surface area contributed by atoms with Crippen LogP contribution in [0.2, 0.25) is 0 Å². The van der Waals surface area contributed by atoms with Gasteiger partial charge in [0.1, 0.15) is 18.8 Å². The number of carbonyl (C=O) groups excluding carboxylic acids is 3. The lowest BCUT2D eigenvalue weighted by molar-refractivity contribution is -0.301. The van der Waals surface area contributed by atoms with E-state index in [4.69, 9.17) is 23.7 Å². The molecule has 75 heavy (non-hydrogen) atoms. The summed E-state index contributed by atoms with van der Waals surface area (Å²) in [6.07, 6.45) is 56.2. The van der Waals surface area contributed by atoms with Crippen LogP contribution < -0.4 is 0 Å². The Bertz CT molecular complexity index is 1770. The highest BCUT2D eigenvalue weighted by atomic mass is 16.7. The highest BCUT2D eigenvalue weighted by molar-refractivity contribution is 5.74. The maximum absolute atomic E-state index is 13.1. The molecule has 0 bridgehead atoms. The lowest BCUT2D eigenvalue weighted by Crippen LogP contribution is -2.61. The number of carboxylic acids is 1. The summed E-state index contributed by atoms with van der Waals surface area (Å²) < 4.78 is 28.2. The minimum Gasteiger partial charge on any atom is -0.479 e. The second-order valence-corrected chi connectivity index (χ2v) is 18.8. The molecule has 1 aliphatic rings. The van der Waals surface area contributed by atoms with Crippen LogP contribution in [0.5, 0.6) is 0 Å². The Morgan fingerprint density at radius 3 is 1.36 bits per heavy atom. The third-order valence-electron chi connectivity index (χ3n) is 12.0. The number of allylic oxidation sites excluding steroid dienone is 20. The van der Waals surface area contributed by atoms with Gasteiger partial charge in [-0.2, -0.15) is 0 Å². The van der Waals surface area contributed by atoms with E-state index in [0.717, 1.165) is 109 Å². The number of ether oxygens (including phenoxy) is 5. The number of unbranched alkanes of at least 4 members (excludes halogenated alkanes) is 12. The molecule has 0 amide bonds. The van der Waals surface area contributed by atoms with Gasteiger partial charge in [0.15, 0.2) is 24.6 Å². The number of esters is 3. The summed E-state index contributed by atoms with van der Waals surface area (Å²) in [5.74, 6) is -3.30. The van der Waals surface area contributed by atoms with Crippen molar-refractivity contribution in [3.05, 3.63) is 122 Å². The molecule has 12 nitrogen and oxygen atoms in total. The van der Waals surface area contributed by atoms with Gasteiger partial charge in [0.05, 0.1) is 6.61 Å². The molecule has 0 radical (unpaired) electrons. The minimum atomic E-state index is -1.93. The highest BCUT2D eigenvalue weighted by Crippen LogP contribution is 2.26. The SMILES string of the molecule is CC/C=C\C/C=C\C/C=C\C/C=C\C/C=C\CCCCCC(=O)OCC(COC1OC(C(=O)O)C(O)C(O)C1OC(=O)CCCCCCC/C=C\CCCCCC)OC(=O)CC/C=C\C/C=C\C/C=C\C/C=C\CC. The van der Waals surface area contributed by atoms with Gasteiger partial charge < -0.3 is 39.0 Å². The summed E-state index contributed by atoms with van der Waals surface area (Å²) >= 11 is 0. The van der Waals surface area contributed by atoms with Crippen LogP contribution in [0.3, 0.4) is 0 Å². The number of aliphatic carboxylic acids is 1. The van der Waals surface area contributed by atoms with E-state index >= 15 is 0 Å². The summed E-state index contributed by atoms with van der Waals surface area (Å²) in [6, 6.07) is 0. The zero-order valence-corrected chi connectivity index (χ0v) is 46.2. The van der Waals surface area contributed by atoms with E-state index in [2.05, 4.69) is 130 Å². The molecule has 1 heterocycles. The Morgan fingerprint density at radius 2 is 0.867 bits per heavy atom. The largest absolute Gasteiger partial charge is 0.479 e. The molecule has 1 rings (SSSR count). The zero-order valence-electron chi connectivity index (χ0n) is 46.2. The van der Waals surface area contributed by atoms with Gasteiger partial charge in [0.2, 0.25) is 0 Å². The van der Waals surface area contributed by atoms with E-state index in [1.54, 1.807) is 0 Å². The second-order valence-electron chi connectivity index (χ2n) is 18.8. The van der Waals surface area contributed by atoms with Gasteiger partial charge in [-0.15, -0.1) is 0 Å². The number of aliphatic hydroxyl groups is 2. The van der Waals surface area contributed by atoms with Crippen LogP contribution in [-0.4, -0.2) is 89.2 Å². The molecule has 0 spiro atoms. The number of aliphatic hydroxyl groups excluding tert-OH is 2. The van der Waals surface area contributed by atoms with E-state index in [9.17, 15) is 34.5 Å². The summed E-state index contributed by atoms with van der Waals surface area (Å²) in [5, 5.41) is 31.4. The molecular weight excluding hydrogens is 949 g/mol. The van der Waals surface area contributed by atoms with Crippen molar-refractivity contribution in [1.82, 2.24) is 0 Å². The Balaban J connectivity index is 2.76. The van der Waals surface area contributed by atoms with Crippen LogP contribution >= 0.6 is 0 Å². The molecule has 0 aromatic rings. The fourth-order valence-corrected chi connectivity index (χ4v) is 7.69. The lowest BCUT2D eigenvalue weighted by Gasteiger charge is -2.40. The number of rotatable bonds is 46. The molecule has 6 atom stereocenters. The van der Waals surface area contributed by atoms with E-state index in [1.807, 2.05) is 12.2 Å². The second kappa shape index (κ2) is 50.0. The molecule has 0 saturated carbocycles. The summed E-state index contributed by atoms with van der Waals surface area (Å²) in [7, 11) is 0. The highest BCUT2D eigenvalue weighted by Gasteiger charge is 2.50. The van der Waals surface area contributed by atoms with E-state index in [-0.39, 0.29) is 25.9 Å². The average Bonchev–Trinajstić information content (AvgIpc) is 3.39. The number of hydrogen-bond acceptors (Lipinski definition) is 11. The van der Waals surface area contributed by atoms with Crippen molar-refractivity contribution >= 4 is 23.9 Å². The van der Waals surface area contributed by atoms with Gasteiger partial charge in [0, 0.05) is 19.3 Å². The van der Waals surface area contributed by atoms with Gasteiger partial charge >= 0.3 is 23.9 Å². The first-order valence-corrected chi connectivity index (χ1v) is 28.5. The van der Waals surface area contributed by atoms with Gasteiger partial charge in [0.25, 0.3) is 0 Å². The van der Waals surface area contributed by atoms with Crippen LogP contribution in [0.15, 0.2) is 122 Å². The average molecular weight is 1050 g/mol. The Labute approximate surface area is 452 Å². The third-order valence-corrected chi connectivity index (χ3v) is 12.0. The molecule has 3 N–H and O–H groups in total. The van der Waals surface area contributed by atoms with E-state index in [1.165, 1.54) is 25.7 Å². The van der Waals surface area contributed by atoms with Crippen molar-refractivity contribution in [3.8, 4) is 0 Å². The first-order valence-electron chi connectivity index (χ1n) is 28.5. The van der Waals surface area contributed by atoms with Crippen LogP contribution in [0, 0.1) is 0 Å². The Kier molecular flexibility index (Phi) is 45.4. The minimum absolute atomic E-state index is 0.0268. The molecule has 1 fully saturated rings. The molecular formula is C63H98O12. The van der Waals surface area contributed by atoms with E-state index < -0.39 is 67.3 Å². The fraction of sp³-hybridized carbons (Fsp3) is 0.619. The van der Waals surface area contributed by atoms with Crippen LogP contribution in [0.4, 0.5) is 0 Å². The molecule has 1 saturated heterocycles. The smallest absolute Gasteiger partial charge is 0.335 e. The normalized spacial score (nSPS) is 19.1. The predicted molar refractivity (Wildman–Crippen MR) is 303 cm³/mol. The lowest BCUT2D eigenvalue weighted by atomic mass is 9.98. The molecule has 422 valence electrons. The Morgan fingerprint density at radius 1 is 0.453 bits per heavy atom. The first-order chi connectivity index (χ1) is 36.6. The van der Waals surface area contributed by atoms with Gasteiger partial charge in [-0.3, -0.25) is 14.4 Å². The first kappa shape index (κ1) is 68.1. The van der Waals surface area contributed by atoms with Crippen molar-refractivity contribution in [1.29, 1.82) is 0 Å². The molecule has 12 heteroatoms.